The van der Waals surface area contributed by atoms with E-state index in [9.17, 15) is 9.59 Å². The number of carbonyl (C=O) groups is 2. The molecule has 1 rings (SSSR count). The van der Waals surface area contributed by atoms with Crippen molar-refractivity contribution in [2.45, 2.75) is 19.9 Å². The van der Waals surface area contributed by atoms with E-state index in [2.05, 4.69) is 20.6 Å². The lowest BCUT2D eigenvalue weighted by Gasteiger charge is -2.08. The van der Waals surface area contributed by atoms with Crippen molar-refractivity contribution < 1.29 is 9.59 Å². The molecular weight excluding hydrogens is 244 g/mol. The predicted molar refractivity (Wildman–Crippen MR) is 62.7 cm³/mol. The van der Waals surface area contributed by atoms with Gasteiger partial charge in [-0.2, -0.15) is 0 Å². The summed E-state index contributed by atoms with van der Waals surface area (Å²) in [6.45, 7) is 3.57. The van der Waals surface area contributed by atoms with Gasteiger partial charge in [0.1, 0.15) is 10.8 Å². The first-order valence-corrected chi connectivity index (χ1v) is 5.42. The van der Waals surface area contributed by atoms with Gasteiger partial charge in [0.25, 0.3) is 5.91 Å². The van der Waals surface area contributed by atoms with Crippen LogP contribution in [0.3, 0.4) is 0 Å². The van der Waals surface area contributed by atoms with Gasteiger partial charge in [0, 0.05) is 6.04 Å². The van der Waals surface area contributed by atoms with Gasteiger partial charge in [-0.3, -0.25) is 14.6 Å². The molecule has 2 amide bonds. The fourth-order valence-electron chi connectivity index (χ4n) is 1.08. The molecule has 0 aliphatic carbocycles. The van der Waals surface area contributed by atoms with Crippen molar-refractivity contribution in [3.05, 3.63) is 23.2 Å². The Morgan fingerprint density at radius 3 is 2.71 bits per heavy atom. The van der Waals surface area contributed by atoms with Gasteiger partial charge in [0.15, 0.2) is 0 Å². The molecule has 17 heavy (non-hydrogen) atoms. The fraction of sp³-hybridized carbons (Fsp3) is 0.400. The van der Waals surface area contributed by atoms with Crippen LogP contribution in [0.5, 0.6) is 0 Å². The average molecular weight is 257 g/mol. The number of hydrogen-bond acceptors (Lipinski definition) is 4. The van der Waals surface area contributed by atoms with Gasteiger partial charge >= 0.3 is 0 Å². The van der Waals surface area contributed by atoms with Gasteiger partial charge in [-0.1, -0.05) is 11.6 Å². The van der Waals surface area contributed by atoms with Crippen LogP contribution in [-0.4, -0.2) is 34.4 Å². The number of hydrogen-bond donors (Lipinski definition) is 2. The maximum Gasteiger partial charge on any atom is 0.271 e. The first-order chi connectivity index (χ1) is 7.99. The van der Waals surface area contributed by atoms with E-state index in [1.54, 1.807) is 0 Å². The van der Waals surface area contributed by atoms with Crippen molar-refractivity contribution in [3.63, 3.8) is 0 Å². The first kappa shape index (κ1) is 13.4. The first-order valence-electron chi connectivity index (χ1n) is 5.04. The van der Waals surface area contributed by atoms with E-state index >= 15 is 0 Å². The molecule has 6 nitrogen and oxygen atoms in total. The lowest BCUT2D eigenvalue weighted by atomic mass is 10.3. The van der Waals surface area contributed by atoms with Gasteiger partial charge in [0.2, 0.25) is 5.91 Å². The third-order valence-corrected chi connectivity index (χ3v) is 1.88. The summed E-state index contributed by atoms with van der Waals surface area (Å²) in [5.74, 6) is -0.748. The van der Waals surface area contributed by atoms with E-state index in [0.29, 0.717) is 0 Å². The molecule has 0 spiro atoms. The van der Waals surface area contributed by atoms with E-state index < -0.39 is 5.91 Å². The molecule has 0 atom stereocenters. The van der Waals surface area contributed by atoms with Gasteiger partial charge in [0.05, 0.1) is 18.9 Å². The molecule has 0 aliphatic rings. The number of carbonyl (C=O) groups excluding carboxylic acids is 2. The quantitative estimate of drug-likeness (QED) is 0.816. The monoisotopic (exact) mass is 256 g/mol. The van der Waals surface area contributed by atoms with E-state index in [1.165, 1.54) is 12.4 Å². The minimum absolute atomic E-state index is 0.0327. The maximum absolute atomic E-state index is 11.5. The van der Waals surface area contributed by atoms with E-state index in [4.69, 9.17) is 11.6 Å². The minimum atomic E-state index is -0.487. The van der Waals surface area contributed by atoms with E-state index in [0.717, 1.165) is 0 Å². The van der Waals surface area contributed by atoms with Crippen LogP contribution in [0.2, 0.25) is 5.15 Å². The Hall–Kier alpha value is -1.69. The summed E-state index contributed by atoms with van der Waals surface area (Å²) in [5.41, 5.74) is 0.0786. The van der Waals surface area contributed by atoms with Gasteiger partial charge in [-0.05, 0) is 13.8 Å². The molecule has 92 valence electrons. The van der Waals surface area contributed by atoms with Crippen LogP contribution < -0.4 is 10.6 Å². The third-order valence-electron chi connectivity index (χ3n) is 1.70. The van der Waals surface area contributed by atoms with Gasteiger partial charge in [-0.15, -0.1) is 0 Å². The molecule has 1 aromatic rings. The number of halogens is 1. The Morgan fingerprint density at radius 1 is 1.41 bits per heavy atom. The minimum Gasteiger partial charge on any atom is -0.352 e. The summed E-state index contributed by atoms with van der Waals surface area (Å²) < 4.78 is 0. The van der Waals surface area contributed by atoms with E-state index in [1.807, 2.05) is 13.8 Å². The summed E-state index contributed by atoms with van der Waals surface area (Å²) in [7, 11) is 0. The Bertz CT molecular complexity index is 423. The van der Waals surface area contributed by atoms with Crippen molar-refractivity contribution in [1.29, 1.82) is 0 Å². The van der Waals surface area contributed by atoms with Crippen molar-refractivity contribution in [1.82, 2.24) is 20.6 Å². The molecular formula is C10H13ClN4O2. The van der Waals surface area contributed by atoms with Crippen LogP contribution in [0.15, 0.2) is 12.4 Å². The largest absolute Gasteiger partial charge is 0.352 e. The maximum atomic E-state index is 11.5. The number of nitrogens with one attached hydrogen (secondary N) is 2. The lowest BCUT2D eigenvalue weighted by Crippen LogP contribution is -2.40. The standard InChI is InChI=1S/C10H13ClN4O2/c1-6(2)14-9(16)5-13-10(17)7-3-12-4-8(11)15-7/h3-4,6H,5H2,1-2H3,(H,13,17)(H,14,16). The highest BCUT2D eigenvalue weighted by Crippen LogP contribution is 2.01. The van der Waals surface area contributed by atoms with Crippen molar-refractivity contribution in [2.24, 2.45) is 0 Å². The molecule has 0 fully saturated rings. The SMILES string of the molecule is CC(C)NC(=O)CNC(=O)c1cncc(Cl)n1. The summed E-state index contributed by atoms with van der Waals surface area (Å²) >= 11 is 5.59. The Balaban J connectivity index is 2.48. The van der Waals surface area contributed by atoms with Crippen LogP contribution >= 0.6 is 11.6 Å². The molecule has 7 heteroatoms. The van der Waals surface area contributed by atoms with Crippen molar-refractivity contribution in [3.8, 4) is 0 Å². The summed E-state index contributed by atoms with van der Waals surface area (Å²) in [5, 5.41) is 5.19. The Morgan fingerprint density at radius 2 is 2.12 bits per heavy atom. The number of nitrogens with zero attached hydrogens (tertiary/aromatic N) is 2. The zero-order valence-corrected chi connectivity index (χ0v) is 10.3. The Kier molecular flexibility index (Phi) is 4.84. The van der Waals surface area contributed by atoms with Gasteiger partial charge in [-0.25, -0.2) is 4.98 Å². The zero-order valence-electron chi connectivity index (χ0n) is 9.53. The average Bonchev–Trinajstić information content (AvgIpc) is 2.25. The van der Waals surface area contributed by atoms with Crippen LogP contribution in [-0.2, 0) is 4.79 Å². The smallest absolute Gasteiger partial charge is 0.271 e. The van der Waals surface area contributed by atoms with Crippen molar-refractivity contribution >= 4 is 23.4 Å². The highest BCUT2D eigenvalue weighted by atomic mass is 35.5. The fourth-order valence-corrected chi connectivity index (χ4v) is 1.22. The number of rotatable bonds is 4. The highest BCUT2D eigenvalue weighted by molar-refractivity contribution is 6.29. The van der Waals surface area contributed by atoms with Gasteiger partial charge < -0.3 is 10.6 Å². The zero-order chi connectivity index (χ0) is 12.8. The second-order valence-electron chi connectivity index (χ2n) is 3.63. The van der Waals surface area contributed by atoms with E-state index in [-0.39, 0.29) is 29.3 Å². The van der Waals surface area contributed by atoms with Crippen LogP contribution in [0, 0.1) is 0 Å². The van der Waals surface area contributed by atoms with Crippen LogP contribution in [0.4, 0.5) is 0 Å². The second-order valence-corrected chi connectivity index (χ2v) is 4.02. The molecule has 0 aromatic carbocycles. The van der Waals surface area contributed by atoms with Crippen LogP contribution in [0.25, 0.3) is 0 Å². The topological polar surface area (TPSA) is 84.0 Å². The molecule has 0 radical (unpaired) electrons. The summed E-state index contributed by atoms with van der Waals surface area (Å²) in [4.78, 5) is 30.3. The number of amides is 2. The highest BCUT2D eigenvalue weighted by Gasteiger charge is 2.10. The lowest BCUT2D eigenvalue weighted by molar-refractivity contribution is -0.120. The summed E-state index contributed by atoms with van der Waals surface area (Å²) in [6, 6.07) is 0.0327. The second kappa shape index (κ2) is 6.15. The van der Waals surface area contributed by atoms with Crippen LogP contribution in [0.1, 0.15) is 24.3 Å². The number of aromatic nitrogens is 2. The molecule has 1 aromatic heterocycles. The molecule has 0 saturated carbocycles. The molecule has 0 aliphatic heterocycles. The third kappa shape index (κ3) is 4.78. The van der Waals surface area contributed by atoms with Crippen molar-refractivity contribution in [2.75, 3.05) is 6.54 Å². The summed E-state index contributed by atoms with van der Waals surface area (Å²) in [6.07, 6.45) is 2.60. The Labute approximate surface area is 104 Å². The molecule has 0 saturated heterocycles. The molecule has 2 N–H and O–H groups in total. The molecule has 0 bridgehead atoms. The molecule has 0 unspecified atom stereocenters. The predicted octanol–water partition coefficient (Wildman–Crippen LogP) is 0.384. The molecule has 1 heterocycles. The normalized spacial score (nSPS) is 10.1.